The van der Waals surface area contributed by atoms with E-state index in [0.29, 0.717) is 0 Å². The molecule has 0 aromatic heterocycles. The van der Waals surface area contributed by atoms with Gasteiger partial charge in [-0.2, -0.15) is 0 Å². The smallest absolute Gasteiger partial charge is 0.338 e. The van der Waals surface area contributed by atoms with Crippen LogP contribution in [0.4, 0.5) is 0 Å². The average Bonchev–Trinajstić information content (AvgIpc) is 2.42. The molecular formula is C13H14O9. The van der Waals surface area contributed by atoms with Crippen molar-refractivity contribution in [2.75, 3.05) is 0 Å². The molecule has 0 aliphatic heterocycles. The van der Waals surface area contributed by atoms with E-state index in [0.717, 1.165) is 18.2 Å². The number of aromatic carboxylic acids is 2. The van der Waals surface area contributed by atoms with E-state index >= 15 is 0 Å². The fourth-order valence-electron chi connectivity index (χ4n) is 1.63. The van der Waals surface area contributed by atoms with Gasteiger partial charge in [0.2, 0.25) is 0 Å². The topological polar surface area (TPSA) is 162 Å². The second-order valence-corrected chi connectivity index (χ2v) is 4.40. The minimum absolute atomic E-state index is 0.153. The van der Waals surface area contributed by atoms with Crippen molar-refractivity contribution >= 4 is 17.9 Å². The van der Waals surface area contributed by atoms with Crippen LogP contribution in [0.25, 0.3) is 0 Å². The summed E-state index contributed by atoms with van der Waals surface area (Å²) in [5, 5.41) is 44.8. The van der Waals surface area contributed by atoms with Crippen LogP contribution in [0.2, 0.25) is 0 Å². The first kappa shape index (κ1) is 17.6. The molecule has 0 radical (unpaired) electrons. The number of carboxylic acids is 2. The van der Waals surface area contributed by atoms with Crippen LogP contribution >= 0.6 is 0 Å². The third kappa shape index (κ3) is 4.25. The van der Waals surface area contributed by atoms with Crippen molar-refractivity contribution in [2.24, 2.45) is 0 Å². The van der Waals surface area contributed by atoms with Crippen LogP contribution in [0.15, 0.2) is 18.2 Å². The molecule has 0 aliphatic carbocycles. The van der Waals surface area contributed by atoms with Crippen LogP contribution in [-0.2, 0) is 4.74 Å². The van der Waals surface area contributed by atoms with Gasteiger partial charge in [-0.15, -0.1) is 0 Å². The highest BCUT2D eigenvalue weighted by atomic mass is 16.7. The van der Waals surface area contributed by atoms with E-state index < -0.39 is 46.7 Å². The minimum Gasteiger partial charge on any atom is -0.478 e. The number of hydrogen-bond acceptors (Lipinski definition) is 7. The van der Waals surface area contributed by atoms with Gasteiger partial charge in [0.15, 0.2) is 6.10 Å². The van der Waals surface area contributed by atoms with Crippen LogP contribution in [-0.4, -0.2) is 55.5 Å². The average molecular weight is 314 g/mol. The van der Waals surface area contributed by atoms with Gasteiger partial charge >= 0.3 is 23.9 Å². The molecule has 9 nitrogen and oxygen atoms in total. The number of esters is 1. The molecule has 1 unspecified atom stereocenters. The van der Waals surface area contributed by atoms with Crippen LogP contribution in [0, 0.1) is 0 Å². The highest BCUT2D eigenvalue weighted by molar-refractivity contribution is 5.99. The second-order valence-electron chi connectivity index (χ2n) is 4.40. The first-order chi connectivity index (χ1) is 10.1. The van der Waals surface area contributed by atoms with Crippen LogP contribution in [0.1, 0.15) is 44.4 Å². The summed E-state index contributed by atoms with van der Waals surface area (Å²) in [5.74, 6) is -7.39. The lowest BCUT2D eigenvalue weighted by Gasteiger charge is -2.24. The van der Waals surface area contributed by atoms with E-state index in [4.69, 9.17) is 25.5 Å². The molecule has 0 heterocycles. The quantitative estimate of drug-likeness (QED) is 0.349. The third-order valence-corrected chi connectivity index (χ3v) is 2.71. The van der Waals surface area contributed by atoms with Crippen molar-refractivity contribution in [3.8, 4) is 0 Å². The Labute approximate surface area is 124 Å². The highest BCUT2D eigenvalue weighted by Gasteiger charge is 2.34. The minimum atomic E-state index is -3.27. The molecule has 0 saturated carbocycles. The zero-order chi connectivity index (χ0) is 17.1. The monoisotopic (exact) mass is 314 g/mol. The van der Waals surface area contributed by atoms with Crippen LogP contribution in [0.5, 0.6) is 0 Å². The van der Waals surface area contributed by atoms with Crippen molar-refractivity contribution in [2.45, 2.75) is 25.4 Å². The maximum Gasteiger partial charge on any atom is 0.338 e. The lowest BCUT2D eigenvalue weighted by Crippen LogP contribution is -2.44. The molecule has 0 saturated heterocycles. The van der Waals surface area contributed by atoms with Crippen molar-refractivity contribution in [3.05, 3.63) is 34.9 Å². The lowest BCUT2D eigenvalue weighted by atomic mass is 10.1. The van der Waals surface area contributed by atoms with Gasteiger partial charge in [-0.05, 0) is 24.6 Å². The maximum atomic E-state index is 11.9. The Kier molecular flexibility index (Phi) is 5.20. The van der Waals surface area contributed by atoms with E-state index in [-0.39, 0.29) is 6.42 Å². The van der Waals surface area contributed by atoms with Gasteiger partial charge in [0.25, 0.3) is 0 Å². The fraction of sp³-hybridized carbons (Fsp3) is 0.308. The molecule has 1 aromatic carbocycles. The summed E-state index contributed by atoms with van der Waals surface area (Å²) in [6.07, 6.45) is -1.85. The summed E-state index contributed by atoms with van der Waals surface area (Å²) in [6.45, 7) is 1.39. The molecule has 9 heteroatoms. The van der Waals surface area contributed by atoms with Crippen molar-refractivity contribution in [3.63, 3.8) is 0 Å². The molecule has 0 bridgehead atoms. The summed E-state index contributed by atoms with van der Waals surface area (Å²) in [5.41, 5.74) is -1.33. The Hall–Kier alpha value is -2.49. The first-order valence-electron chi connectivity index (χ1n) is 6.06. The molecule has 1 aromatic rings. The molecule has 1 rings (SSSR count). The standard InChI is InChI=1S/C13H14O9/c1-2-9(13(19,20)21)22-12(18)8-4-6(10(14)15)3-7(5-8)11(16)17/h3-5,9,19-21H,2H2,1H3,(H,14,15)(H,16,17). The van der Waals surface area contributed by atoms with Crippen molar-refractivity contribution in [1.82, 2.24) is 0 Å². The van der Waals surface area contributed by atoms with Gasteiger partial charge in [-0.1, -0.05) is 6.92 Å². The number of carbonyl (C=O) groups is 3. The number of carboxylic acid groups (broad SMARTS) is 2. The summed E-state index contributed by atoms with van der Waals surface area (Å²) < 4.78 is 4.64. The van der Waals surface area contributed by atoms with Gasteiger partial charge in [0.05, 0.1) is 16.7 Å². The van der Waals surface area contributed by atoms with E-state index in [9.17, 15) is 14.4 Å². The second kappa shape index (κ2) is 6.52. The fourth-order valence-corrected chi connectivity index (χ4v) is 1.63. The van der Waals surface area contributed by atoms with Crippen molar-refractivity contribution < 1.29 is 44.7 Å². The molecule has 0 fully saturated rings. The van der Waals surface area contributed by atoms with Gasteiger partial charge in [0, 0.05) is 0 Å². The SMILES string of the molecule is CCC(OC(=O)c1cc(C(=O)O)cc(C(=O)O)c1)C(O)(O)O. The van der Waals surface area contributed by atoms with Gasteiger partial charge in [0.1, 0.15) is 0 Å². The number of ether oxygens (including phenoxy) is 1. The van der Waals surface area contributed by atoms with Crippen LogP contribution < -0.4 is 0 Å². The zero-order valence-corrected chi connectivity index (χ0v) is 11.4. The maximum absolute atomic E-state index is 11.9. The number of hydrogen-bond donors (Lipinski definition) is 5. The highest BCUT2D eigenvalue weighted by Crippen LogP contribution is 2.17. The summed E-state index contributed by atoms with van der Waals surface area (Å²) in [6, 6.07) is 2.60. The Morgan fingerprint density at radius 2 is 1.41 bits per heavy atom. The van der Waals surface area contributed by atoms with Gasteiger partial charge < -0.3 is 30.3 Å². The van der Waals surface area contributed by atoms with E-state index in [1.807, 2.05) is 0 Å². The van der Waals surface area contributed by atoms with E-state index in [1.54, 1.807) is 0 Å². The Balaban J connectivity index is 3.17. The third-order valence-electron chi connectivity index (χ3n) is 2.71. The largest absolute Gasteiger partial charge is 0.478 e. The zero-order valence-electron chi connectivity index (χ0n) is 11.4. The van der Waals surface area contributed by atoms with Crippen LogP contribution in [0.3, 0.4) is 0 Å². The predicted octanol–water partition coefficient (Wildman–Crippen LogP) is -0.351. The van der Waals surface area contributed by atoms with Crippen molar-refractivity contribution in [1.29, 1.82) is 0 Å². The number of benzene rings is 1. The Bertz CT molecular complexity index is 568. The summed E-state index contributed by atoms with van der Waals surface area (Å²) >= 11 is 0. The molecule has 0 amide bonds. The molecule has 120 valence electrons. The summed E-state index contributed by atoms with van der Waals surface area (Å²) in [4.78, 5) is 33.7. The number of rotatable bonds is 6. The number of carbonyl (C=O) groups excluding carboxylic acids is 1. The molecule has 0 spiro atoms. The Morgan fingerprint density at radius 1 is 1.00 bits per heavy atom. The molecule has 22 heavy (non-hydrogen) atoms. The van der Waals surface area contributed by atoms with Gasteiger partial charge in [-0.3, -0.25) is 0 Å². The molecular weight excluding hydrogens is 300 g/mol. The van der Waals surface area contributed by atoms with E-state index in [1.165, 1.54) is 6.92 Å². The number of aliphatic hydroxyl groups is 3. The predicted molar refractivity (Wildman–Crippen MR) is 69.2 cm³/mol. The Morgan fingerprint density at radius 3 is 1.73 bits per heavy atom. The normalized spacial score (nSPS) is 12.5. The molecule has 1 atom stereocenters. The van der Waals surface area contributed by atoms with Gasteiger partial charge in [-0.25, -0.2) is 14.4 Å². The lowest BCUT2D eigenvalue weighted by molar-refractivity contribution is -0.353. The first-order valence-corrected chi connectivity index (χ1v) is 6.06. The summed E-state index contributed by atoms with van der Waals surface area (Å²) in [7, 11) is 0. The molecule has 0 aliphatic rings. The molecule has 5 N–H and O–H groups in total. The van der Waals surface area contributed by atoms with E-state index in [2.05, 4.69) is 4.74 Å².